The van der Waals surface area contributed by atoms with Gasteiger partial charge in [-0.25, -0.2) is 0 Å². The summed E-state index contributed by atoms with van der Waals surface area (Å²) >= 11 is 0. The van der Waals surface area contributed by atoms with Crippen molar-refractivity contribution in [3.05, 3.63) is 192 Å². The molecule has 0 fully saturated rings. The Kier molecular flexibility index (Phi) is 8.89. The summed E-state index contributed by atoms with van der Waals surface area (Å²) in [6.45, 7) is 4.10. The summed E-state index contributed by atoms with van der Waals surface area (Å²) in [5, 5.41) is 14.4. The summed E-state index contributed by atoms with van der Waals surface area (Å²) in [5.41, 5.74) is 6.85. The maximum absolute atomic E-state index is 14.3. The highest BCUT2D eigenvalue weighted by Gasteiger charge is 2.37. The molecule has 0 saturated carbocycles. The van der Waals surface area contributed by atoms with E-state index in [4.69, 9.17) is 0 Å². The van der Waals surface area contributed by atoms with Crippen molar-refractivity contribution in [2.24, 2.45) is 0 Å². The van der Waals surface area contributed by atoms with Gasteiger partial charge in [-0.15, -0.1) is 0 Å². The summed E-state index contributed by atoms with van der Waals surface area (Å²) in [6.07, 6.45) is -10.2. The number of fused-ring (bicyclic) bond motifs is 6. The minimum Gasteiger partial charge on any atom is -0.307 e. The number of para-hydroxylation sites is 2. The maximum atomic E-state index is 14.3. The molecule has 0 aliphatic rings. The number of aromatic nitrogens is 2. The smallest absolute Gasteiger partial charge is 0.307 e. The molecule has 0 aliphatic carbocycles. The summed E-state index contributed by atoms with van der Waals surface area (Å²) in [7, 11) is 0. The Morgan fingerprint density at radius 2 is 0.823 bits per heavy atom. The van der Waals surface area contributed by atoms with Gasteiger partial charge >= 0.3 is 12.4 Å². The van der Waals surface area contributed by atoms with E-state index in [1.165, 1.54) is 0 Å². The van der Waals surface area contributed by atoms with E-state index in [-0.39, 0.29) is 22.8 Å². The number of benzene rings is 8. The number of halogens is 6. The fourth-order valence-corrected chi connectivity index (χ4v) is 8.97. The molecule has 3 nitrogen and oxygen atoms in total. The zero-order chi connectivity index (χ0) is 43.1. The van der Waals surface area contributed by atoms with Crippen LogP contribution in [0.5, 0.6) is 0 Å². The number of alkyl halides is 6. The minimum atomic E-state index is -5.09. The van der Waals surface area contributed by atoms with Crippen LogP contribution in [0.2, 0.25) is 0 Å². The van der Waals surface area contributed by atoms with E-state index in [9.17, 15) is 31.6 Å². The number of hydrogen-bond acceptors (Lipinski definition) is 1. The van der Waals surface area contributed by atoms with Crippen LogP contribution < -0.4 is 0 Å². The number of hydrogen-bond donors (Lipinski definition) is 0. The molecule has 302 valence electrons. The van der Waals surface area contributed by atoms with E-state index in [1.54, 1.807) is 12.1 Å². The van der Waals surface area contributed by atoms with E-state index in [0.29, 0.717) is 23.5 Å². The molecular formula is C53H33F6N3. The summed E-state index contributed by atoms with van der Waals surface area (Å²) in [4.78, 5) is 0. The number of rotatable bonds is 5. The summed E-state index contributed by atoms with van der Waals surface area (Å²) in [5.74, 6) is 0. The van der Waals surface area contributed by atoms with Gasteiger partial charge in [0.25, 0.3) is 0 Å². The average molecular weight is 826 g/mol. The van der Waals surface area contributed by atoms with Crippen LogP contribution in [0, 0.1) is 25.2 Å². The van der Waals surface area contributed by atoms with Crippen LogP contribution in [0.3, 0.4) is 0 Å². The third-order valence-electron chi connectivity index (χ3n) is 11.9. The molecule has 0 atom stereocenters. The molecule has 0 N–H and O–H groups in total. The van der Waals surface area contributed by atoms with Crippen molar-refractivity contribution in [2.75, 3.05) is 0 Å². The zero-order valence-electron chi connectivity index (χ0n) is 33.2. The maximum Gasteiger partial charge on any atom is 0.416 e. The molecule has 2 heterocycles. The molecule has 10 aromatic rings. The first-order valence-electron chi connectivity index (χ1n) is 19.9. The highest BCUT2D eigenvalue weighted by atomic mass is 19.4. The lowest BCUT2D eigenvalue weighted by Crippen LogP contribution is -2.11. The van der Waals surface area contributed by atoms with E-state index in [2.05, 4.69) is 43.3 Å². The zero-order valence-corrected chi connectivity index (χ0v) is 33.2. The molecule has 10 rings (SSSR count). The van der Waals surface area contributed by atoms with Gasteiger partial charge in [0.1, 0.15) is 0 Å². The number of nitrogens with zero attached hydrogens (tertiary/aromatic N) is 3. The highest BCUT2D eigenvalue weighted by molar-refractivity contribution is 6.13. The lowest BCUT2D eigenvalue weighted by Gasteiger charge is -2.20. The minimum absolute atomic E-state index is 0.0760. The Bertz CT molecular complexity index is 3450. The van der Waals surface area contributed by atoms with Gasteiger partial charge in [-0.1, -0.05) is 97.1 Å². The van der Waals surface area contributed by atoms with Crippen molar-refractivity contribution >= 4 is 43.6 Å². The van der Waals surface area contributed by atoms with Gasteiger partial charge in [0.05, 0.1) is 56.2 Å². The molecule has 0 unspecified atom stereocenters. The molecule has 0 radical (unpaired) electrons. The van der Waals surface area contributed by atoms with Gasteiger partial charge in [0.2, 0.25) is 0 Å². The number of aryl methyl sites for hydroxylation is 2. The summed E-state index contributed by atoms with van der Waals surface area (Å²) < 4.78 is 90.0. The molecule has 0 amide bonds. The Morgan fingerprint density at radius 3 is 1.27 bits per heavy atom. The van der Waals surface area contributed by atoms with Crippen molar-refractivity contribution in [3.63, 3.8) is 0 Å². The van der Waals surface area contributed by atoms with Crippen molar-refractivity contribution in [1.29, 1.82) is 5.26 Å². The second kappa shape index (κ2) is 14.3. The second-order valence-electron chi connectivity index (χ2n) is 15.6. The Morgan fingerprint density at radius 1 is 0.403 bits per heavy atom. The van der Waals surface area contributed by atoms with E-state index < -0.39 is 23.5 Å². The molecule has 0 spiro atoms. The fraction of sp³-hybridized carbons (Fsp3) is 0.0755. The van der Waals surface area contributed by atoms with Gasteiger partial charge in [-0.2, -0.15) is 31.6 Å². The van der Waals surface area contributed by atoms with Crippen LogP contribution in [0.25, 0.3) is 88.4 Å². The fourth-order valence-electron chi connectivity index (χ4n) is 8.97. The lowest BCUT2D eigenvalue weighted by molar-refractivity contribution is -0.143. The SMILES string of the molecule is Cc1ccccc1-c1ccc2c(c1)c1ccccc1n2-c1cc(C#N)c(-c2cc(C(F)(F)F)cc(C(F)(F)F)c2)cc1-n1c2ccccc2c2cc(-c3ccccc3C)ccc21. The van der Waals surface area contributed by atoms with Gasteiger partial charge in [-0.05, 0) is 120 Å². The average Bonchev–Trinajstić information content (AvgIpc) is 3.77. The van der Waals surface area contributed by atoms with E-state index in [0.717, 1.165) is 77.0 Å². The molecule has 8 aromatic carbocycles. The molecule has 0 aliphatic heterocycles. The Balaban J connectivity index is 1.34. The first-order chi connectivity index (χ1) is 29.8. The standard InChI is InChI=1S/C53H33F6N3/c1-31-11-3-5-13-39(31)33-19-21-48-44(25-33)41-15-7-9-17-46(41)61(48)50-27-36(30-60)43(35-23-37(52(54,55)56)28-38(24-35)53(57,58)59)29-51(50)62-47-18-10-8-16-42(47)45-26-34(20-22-49(45)62)40-14-6-4-12-32(40)2/h3-29H,1-2H3. The van der Waals surface area contributed by atoms with E-state index in [1.807, 2.05) is 119 Å². The largest absolute Gasteiger partial charge is 0.416 e. The van der Waals surface area contributed by atoms with Gasteiger partial charge in [-0.3, -0.25) is 0 Å². The van der Waals surface area contributed by atoms with Gasteiger partial charge < -0.3 is 9.13 Å². The monoisotopic (exact) mass is 825 g/mol. The molecule has 62 heavy (non-hydrogen) atoms. The molecular weight excluding hydrogens is 793 g/mol. The van der Waals surface area contributed by atoms with E-state index >= 15 is 0 Å². The van der Waals surface area contributed by atoms with Crippen molar-refractivity contribution < 1.29 is 26.3 Å². The van der Waals surface area contributed by atoms with Crippen LogP contribution in [0.15, 0.2) is 164 Å². The molecule has 2 aromatic heterocycles. The van der Waals surface area contributed by atoms with Crippen LogP contribution in [0.1, 0.15) is 27.8 Å². The number of nitriles is 1. The third-order valence-corrected chi connectivity index (χ3v) is 11.9. The van der Waals surface area contributed by atoms with Crippen LogP contribution in [-0.2, 0) is 12.4 Å². The van der Waals surface area contributed by atoms with Gasteiger partial charge in [0, 0.05) is 27.1 Å². The van der Waals surface area contributed by atoms with Crippen LogP contribution in [-0.4, -0.2) is 9.13 Å². The third kappa shape index (κ3) is 6.29. The first-order valence-corrected chi connectivity index (χ1v) is 19.9. The van der Waals surface area contributed by atoms with Crippen LogP contribution >= 0.6 is 0 Å². The van der Waals surface area contributed by atoms with Crippen molar-refractivity contribution in [2.45, 2.75) is 26.2 Å². The Hall–Kier alpha value is -7.57. The predicted octanol–water partition coefficient (Wildman–Crippen LogP) is 15.4. The van der Waals surface area contributed by atoms with Crippen LogP contribution in [0.4, 0.5) is 26.3 Å². The summed E-state index contributed by atoms with van der Waals surface area (Å²) in [6, 6.07) is 50.8. The predicted molar refractivity (Wildman–Crippen MR) is 236 cm³/mol. The quantitative estimate of drug-likeness (QED) is 0.159. The van der Waals surface area contributed by atoms with Gasteiger partial charge in [0.15, 0.2) is 0 Å². The van der Waals surface area contributed by atoms with Crippen molar-refractivity contribution in [1.82, 2.24) is 9.13 Å². The topological polar surface area (TPSA) is 33.6 Å². The molecule has 0 bridgehead atoms. The van der Waals surface area contributed by atoms with Crippen molar-refractivity contribution in [3.8, 4) is 50.8 Å². The highest BCUT2D eigenvalue weighted by Crippen LogP contribution is 2.45. The lowest BCUT2D eigenvalue weighted by atomic mass is 9.94. The first kappa shape index (κ1) is 38.6. The second-order valence-corrected chi connectivity index (χ2v) is 15.6. The normalized spacial score (nSPS) is 12.2. The Labute approximate surface area is 351 Å². The molecule has 0 saturated heterocycles. The molecule has 9 heteroatoms.